The molecule has 2 aromatic heterocycles. The van der Waals surface area contributed by atoms with Crippen LogP contribution in [0.25, 0.3) is 22.2 Å². The summed E-state index contributed by atoms with van der Waals surface area (Å²) in [5.74, 6) is -0.169. The van der Waals surface area contributed by atoms with Crippen molar-refractivity contribution >= 4 is 28.2 Å². The Bertz CT molecular complexity index is 2190. The van der Waals surface area contributed by atoms with E-state index in [1.807, 2.05) is 67.7 Å². The van der Waals surface area contributed by atoms with Crippen LogP contribution < -0.4 is 10.6 Å². The maximum absolute atomic E-state index is 13.8. The molecule has 0 aliphatic carbocycles. The highest BCUT2D eigenvalue weighted by Crippen LogP contribution is 2.45. The van der Waals surface area contributed by atoms with Crippen LogP contribution in [0.3, 0.4) is 0 Å². The molecule has 50 heavy (non-hydrogen) atoms. The molecule has 0 bridgehead atoms. The first kappa shape index (κ1) is 31.1. The number of rotatable bonds is 10. The van der Waals surface area contributed by atoms with Crippen LogP contribution in [0.15, 0.2) is 163 Å². The van der Waals surface area contributed by atoms with Crippen LogP contribution in [-0.2, 0) is 16.8 Å². The van der Waals surface area contributed by atoms with Gasteiger partial charge in [0, 0.05) is 36.3 Å². The Hall–Kier alpha value is -6.18. The molecule has 8 rings (SSSR count). The standard InChI is InChI=1S/C43H36N6O/c1-44-29-39(30-14-6-2-7-15-30)47-42(50)38-26-32-27-40-36(28-37(32)46-38)41(31-22-24-45-25-23-31)48-49(40)43(33-16-8-3-9-17-33,34-18-10-4-11-19-34)35-20-12-5-13-21-35/h2-25,27-28,39,44H,26,29H2,1H3,(H,47,50)/t39-/m1/s1. The second kappa shape index (κ2) is 13.4. The number of likely N-dealkylation sites (N-methyl/N-ethyl adjacent to an activating group) is 1. The Morgan fingerprint density at radius 2 is 1.32 bits per heavy atom. The summed E-state index contributed by atoms with van der Waals surface area (Å²) in [7, 11) is 1.89. The third-order valence-corrected chi connectivity index (χ3v) is 9.52. The quantitative estimate of drug-likeness (QED) is 0.149. The molecule has 1 aliphatic rings. The lowest BCUT2D eigenvalue weighted by Gasteiger charge is -2.37. The maximum atomic E-state index is 13.8. The summed E-state index contributed by atoms with van der Waals surface area (Å²) in [6.45, 7) is 0.603. The molecular formula is C43H36N6O. The third-order valence-electron chi connectivity index (χ3n) is 9.52. The number of nitrogens with zero attached hydrogens (tertiary/aromatic N) is 4. The molecule has 5 aromatic carbocycles. The van der Waals surface area contributed by atoms with Crippen LogP contribution in [0.5, 0.6) is 0 Å². The Morgan fingerprint density at radius 1 is 0.760 bits per heavy atom. The number of carbonyl (C=O) groups excluding carboxylic acids is 1. The average Bonchev–Trinajstić information content (AvgIpc) is 3.78. The fourth-order valence-corrected chi connectivity index (χ4v) is 7.20. The SMILES string of the molecule is CNC[C@@H](NC(=O)C1=Nc2cc3c(-c4ccncc4)nn(C(c4ccccc4)(c4ccccc4)c4ccccc4)c3cc2C1)c1ccccc1. The molecule has 0 spiro atoms. The van der Waals surface area contributed by atoms with Crippen LogP contribution in [-0.4, -0.2) is 40.0 Å². The average molecular weight is 653 g/mol. The minimum Gasteiger partial charge on any atom is -0.343 e. The molecule has 0 saturated heterocycles. The molecule has 7 aromatic rings. The summed E-state index contributed by atoms with van der Waals surface area (Å²) in [6.07, 6.45) is 4.01. The van der Waals surface area contributed by atoms with Crippen molar-refractivity contribution in [2.45, 2.75) is 18.0 Å². The van der Waals surface area contributed by atoms with Crippen molar-refractivity contribution in [1.29, 1.82) is 0 Å². The van der Waals surface area contributed by atoms with Gasteiger partial charge in [-0.25, -0.2) is 9.67 Å². The van der Waals surface area contributed by atoms with E-state index in [4.69, 9.17) is 10.1 Å². The zero-order valence-electron chi connectivity index (χ0n) is 27.7. The molecule has 1 aliphatic heterocycles. The summed E-state index contributed by atoms with van der Waals surface area (Å²) < 4.78 is 2.18. The van der Waals surface area contributed by atoms with E-state index in [1.165, 1.54) is 0 Å². The molecule has 0 fully saturated rings. The van der Waals surface area contributed by atoms with Crippen molar-refractivity contribution in [2.75, 3.05) is 13.6 Å². The number of amides is 1. The van der Waals surface area contributed by atoms with Gasteiger partial charge in [-0.3, -0.25) is 9.78 Å². The normalized spacial score (nSPS) is 13.1. The summed E-state index contributed by atoms with van der Waals surface area (Å²) in [4.78, 5) is 23.0. The molecule has 0 saturated carbocycles. The zero-order chi connectivity index (χ0) is 33.9. The predicted molar refractivity (Wildman–Crippen MR) is 200 cm³/mol. The number of nitrogens with one attached hydrogen (secondary N) is 2. The molecule has 1 amide bonds. The Balaban J connectivity index is 1.32. The van der Waals surface area contributed by atoms with Gasteiger partial charge in [-0.1, -0.05) is 121 Å². The molecule has 3 heterocycles. The van der Waals surface area contributed by atoms with Gasteiger partial charge in [0.15, 0.2) is 0 Å². The Kier molecular flexibility index (Phi) is 8.32. The number of fused-ring (bicyclic) bond motifs is 2. The highest BCUT2D eigenvalue weighted by Gasteiger charge is 2.41. The Labute approximate surface area is 291 Å². The van der Waals surface area contributed by atoms with Crippen LogP contribution in [0.2, 0.25) is 0 Å². The van der Waals surface area contributed by atoms with E-state index < -0.39 is 5.54 Å². The number of hydrogen-bond donors (Lipinski definition) is 2. The third kappa shape index (κ3) is 5.47. The lowest BCUT2D eigenvalue weighted by Crippen LogP contribution is -2.38. The number of aromatic nitrogens is 3. The van der Waals surface area contributed by atoms with Crippen molar-refractivity contribution in [1.82, 2.24) is 25.4 Å². The van der Waals surface area contributed by atoms with Crippen molar-refractivity contribution in [3.63, 3.8) is 0 Å². The first-order valence-corrected chi connectivity index (χ1v) is 16.9. The van der Waals surface area contributed by atoms with E-state index in [2.05, 4.69) is 105 Å². The molecule has 244 valence electrons. The second-order valence-electron chi connectivity index (χ2n) is 12.5. The lowest BCUT2D eigenvalue weighted by atomic mass is 9.77. The van der Waals surface area contributed by atoms with Gasteiger partial charge in [-0.2, -0.15) is 5.10 Å². The predicted octanol–water partition coefficient (Wildman–Crippen LogP) is 7.64. The number of aliphatic imine (C=N–C) groups is 1. The molecule has 1 atom stereocenters. The van der Waals surface area contributed by atoms with E-state index in [-0.39, 0.29) is 11.9 Å². The highest BCUT2D eigenvalue weighted by molar-refractivity contribution is 6.41. The minimum absolute atomic E-state index is 0.169. The fraction of sp³-hybridized carbons (Fsp3) is 0.116. The molecule has 7 nitrogen and oxygen atoms in total. The Morgan fingerprint density at radius 3 is 1.88 bits per heavy atom. The van der Waals surface area contributed by atoms with Crippen molar-refractivity contribution in [2.24, 2.45) is 4.99 Å². The van der Waals surface area contributed by atoms with Crippen molar-refractivity contribution in [3.8, 4) is 11.3 Å². The van der Waals surface area contributed by atoms with E-state index in [1.54, 1.807) is 12.4 Å². The smallest absolute Gasteiger partial charge is 0.266 e. The van der Waals surface area contributed by atoms with Gasteiger partial charge in [0.25, 0.3) is 5.91 Å². The number of benzene rings is 5. The van der Waals surface area contributed by atoms with Gasteiger partial charge < -0.3 is 10.6 Å². The zero-order valence-corrected chi connectivity index (χ0v) is 27.7. The van der Waals surface area contributed by atoms with Crippen LogP contribution in [0, 0.1) is 0 Å². The maximum Gasteiger partial charge on any atom is 0.266 e. The van der Waals surface area contributed by atoms with Crippen molar-refractivity contribution in [3.05, 3.63) is 186 Å². The van der Waals surface area contributed by atoms with Crippen molar-refractivity contribution < 1.29 is 4.79 Å². The fourth-order valence-electron chi connectivity index (χ4n) is 7.20. The van der Waals surface area contributed by atoms with Crippen LogP contribution in [0.4, 0.5) is 5.69 Å². The number of pyridine rings is 1. The minimum atomic E-state index is -0.822. The first-order valence-electron chi connectivity index (χ1n) is 16.9. The van der Waals surface area contributed by atoms with Gasteiger partial charge in [0.2, 0.25) is 0 Å². The molecule has 7 heteroatoms. The monoisotopic (exact) mass is 652 g/mol. The van der Waals surface area contributed by atoms with E-state index >= 15 is 0 Å². The van der Waals surface area contributed by atoms with Gasteiger partial charge in [0.05, 0.1) is 17.2 Å². The molecular weight excluding hydrogens is 617 g/mol. The van der Waals surface area contributed by atoms with Gasteiger partial charge in [-0.05, 0) is 59.1 Å². The summed E-state index contributed by atoms with van der Waals surface area (Å²) in [5.41, 5.74) is 8.44. The molecule has 2 N–H and O–H groups in total. The lowest BCUT2D eigenvalue weighted by molar-refractivity contribution is -0.115. The van der Waals surface area contributed by atoms with Gasteiger partial charge in [-0.15, -0.1) is 0 Å². The van der Waals surface area contributed by atoms with Gasteiger partial charge >= 0.3 is 0 Å². The topological polar surface area (TPSA) is 84.2 Å². The van der Waals surface area contributed by atoms with E-state index in [9.17, 15) is 4.79 Å². The summed E-state index contributed by atoms with van der Waals surface area (Å²) in [5, 5.41) is 12.9. The van der Waals surface area contributed by atoms with Crippen LogP contribution >= 0.6 is 0 Å². The second-order valence-corrected chi connectivity index (χ2v) is 12.5. The number of carbonyl (C=O) groups is 1. The molecule has 0 unspecified atom stereocenters. The van der Waals surface area contributed by atoms with E-state index in [0.717, 1.165) is 55.7 Å². The summed E-state index contributed by atoms with van der Waals surface area (Å²) >= 11 is 0. The van der Waals surface area contributed by atoms with Crippen LogP contribution in [0.1, 0.15) is 33.9 Å². The first-order chi connectivity index (χ1) is 24.7. The number of hydrogen-bond acceptors (Lipinski definition) is 5. The van der Waals surface area contributed by atoms with Gasteiger partial charge in [0.1, 0.15) is 16.9 Å². The van der Waals surface area contributed by atoms with E-state index in [0.29, 0.717) is 18.7 Å². The largest absolute Gasteiger partial charge is 0.343 e. The highest BCUT2D eigenvalue weighted by atomic mass is 16.2. The molecule has 0 radical (unpaired) electrons. The summed E-state index contributed by atoms with van der Waals surface area (Å²) in [6, 6.07) is 49.8.